The Morgan fingerprint density at radius 3 is 2.21 bits per heavy atom. The fourth-order valence-electron chi connectivity index (χ4n) is 1.42. The van der Waals surface area contributed by atoms with Gasteiger partial charge in [0.25, 0.3) is 0 Å². The van der Waals surface area contributed by atoms with Crippen LogP contribution in [0.4, 0.5) is 0 Å². The summed E-state index contributed by atoms with van der Waals surface area (Å²) < 4.78 is 0. The molecule has 0 aromatic carbocycles. The van der Waals surface area contributed by atoms with Crippen molar-refractivity contribution in [2.24, 2.45) is 0 Å². The van der Waals surface area contributed by atoms with Gasteiger partial charge in [-0.3, -0.25) is 14.5 Å². The number of carbonyl (C=O) groups excluding carboxylic acids is 2. The van der Waals surface area contributed by atoms with Crippen molar-refractivity contribution in [1.29, 1.82) is 0 Å². The molecule has 0 bridgehead atoms. The quantitative estimate of drug-likeness (QED) is 0.556. The largest absolute Gasteiger partial charge is 0.390 e. The molecular formula is C9H14ClNO3. The Labute approximate surface area is 87.8 Å². The van der Waals surface area contributed by atoms with Crippen LogP contribution in [-0.4, -0.2) is 40.3 Å². The van der Waals surface area contributed by atoms with Crippen LogP contribution in [0.2, 0.25) is 0 Å². The van der Waals surface area contributed by atoms with Crippen LogP contribution in [0.15, 0.2) is 0 Å². The lowest BCUT2D eigenvalue weighted by atomic mass is 10.2. The standard InChI is InChI=1S/C9H14ClNO3/c10-5-7(12)6-11-8(13)3-1-2-4-9(11)14/h7,12H,1-6H2. The van der Waals surface area contributed by atoms with Crippen molar-refractivity contribution in [1.82, 2.24) is 4.90 Å². The highest BCUT2D eigenvalue weighted by molar-refractivity contribution is 6.18. The fourth-order valence-corrected chi connectivity index (χ4v) is 1.52. The van der Waals surface area contributed by atoms with Gasteiger partial charge < -0.3 is 5.11 Å². The molecule has 1 N–H and O–H groups in total. The minimum atomic E-state index is -0.817. The number of aliphatic hydroxyl groups is 1. The van der Waals surface area contributed by atoms with Gasteiger partial charge in [0.15, 0.2) is 0 Å². The lowest BCUT2D eigenvalue weighted by Gasteiger charge is -2.20. The summed E-state index contributed by atoms with van der Waals surface area (Å²) in [6.45, 7) is 0.0289. The lowest BCUT2D eigenvalue weighted by Crippen LogP contribution is -2.41. The van der Waals surface area contributed by atoms with E-state index in [-0.39, 0.29) is 24.2 Å². The number of hydrogen-bond donors (Lipinski definition) is 1. The maximum Gasteiger partial charge on any atom is 0.229 e. The third kappa shape index (κ3) is 2.96. The first kappa shape index (κ1) is 11.5. The molecule has 0 aromatic rings. The highest BCUT2D eigenvalue weighted by Gasteiger charge is 2.25. The minimum Gasteiger partial charge on any atom is -0.390 e. The van der Waals surface area contributed by atoms with Gasteiger partial charge in [0, 0.05) is 12.8 Å². The number of nitrogens with zero attached hydrogens (tertiary/aromatic N) is 1. The predicted octanol–water partition coefficient (Wildman–Crippen LogP) is 0.515. The number of rotatable bonds is 3. The number of halogens is 1. The predicted molar refractivity (Wildman–Crippen MR) is 51.9 cm³/mol. The van der Waals surface area contributed by atoms with Crippen molar-refractivity contribution in [3.8, 4) is 0 Å². The molecule has 0 aliphatic carbocycles. The molecule has 1 aliphatic rings. The number of hydrogen-bond acceptors (Lipinski definition) is 3. The first-order valence-corrected chi connectivity index (χ1v) is 5.26. The zero-order valence-corrected chi connectivity index (χ0v) is 8.66. The van der Waals surface area contributed by atoms with Crippen LogP contribution in [0.3, 0.4) is 0 Å². The molecule has 1 aliphatic heterocycles. The van der Waals surface area contributed by atoms with Gasteiger partial charge in [-0.25, -0.2) is 0 Å². The van der Waals surface area contributed by atoms with Gasteiger partial charge in [0.05, 0.1) is 18.5 Å². The van der Waals surface area contributed by atoms with Gasteiger partial charge in [0.1, 0.15) is 0 Å². The molecule has 0 radical (unpaired) electrons. The van der Waals surface area contributed by atoms with Crippen molar-refractivity contribution in [2.75, 3.05) is 12.4 Å². The summed E-state index contributed by atoms with van der Waals surface area (Å²) in [5.41, 5.74) is 0. The summed E-state index contributed by atoms with van der Waals surface area (Å²) in [4.78, 5) is 24.0. The van der Waals surface area contributed by atoms with E-state index in [4.69, 9.17) is 11.6 Å². The van der Waals surface area contributed by atoms with E-state index in [2.05, 4.69) is 0 Å². The van der Waals surface area contributed by atoms with Gasteiger partial charge in [-0.2, -0.15) is 0 Å². The molecule has 1 heterocycles. The molecule has 0 aromatic heterocycles. The second kappa shape index (κ2) is 5.32. The highest BCUT2D eigenvalue weighted by Crippen LogP contribution is 2.13. The molecule has 1 unspecified atom stereocenters. The van der Waals surface area contributed by atoms with Crippen molar-refractivity contribution in [2.45, 2.75) is 31.8 Å². The third-order valence-corrected chi connectivity index (χ3v) is 2.56. The fraction of sp³-hybridized carbons (Fsp3) is 0.778. The van der Waals surface area contributed by atoms with E-state index in [9.17, 15) is 14.7 Å². The summed E-state index contributed by atoms with van der Waals surface area (Å²) in [5.74, 6) is -0.356. The van der Waals surface area contributed by atoms with Gasteiger partial charge in [0.2, 0.25) is 11.8 Å². The van der Waals surface area contributed by atoms with Crippen LogP contribution in [0.1, 0.15) is 25.7 Å². The summed E-state index contributed by atoms with van der Waals surface area (Å²) in [7, 11) is 0. The van der Waals surface area contributed by atoms with Crippen LogP contribution in [0, 0.1) is 0 Å². The lowest BCUT2D eigenvalue weighted by molar-refractivity contribution is -0.145. The van der Waals surface area contributed by atoms with Crippen LogP contribution in [-0.2, 0) is 9.59 Å². The average molecular weight is 220 g/mol. The smallest absolute Gasteiger partial charge is 0.229 e. The van der Waals surface area contributed by atoms with Crippen molar-refractivity contribution in [3.05, 3.63) is 0 Å². The number of aliphatic hydroxyl groups excluding tert-OH is 1. The Hall–Kier alpha value is -0.610. The van der Waals surface area contributed by atoms with E-state index >= 15 is 0 Å². The Morgan fingerprint density at radius 1 is 1.29 bits per heavy atom. The third-order valence-electron chi connectivity index (χ3n) is 2.20. The Kier molecular flexibility index (Phi) is 4.35. The van der Waals surface area contributed by atoms with E-state index in [1.54, 1.807) is 0 Å². The number of likely N-dealkylation sites (tertiary alicyclic amines) is 1. The van der Waals surface area contributed by atoms with E-state index in [1.807, 2.05) is 0 Å². The monoisotopic (exact) mass is 219 g/mol. The topological polar surface area (TPSA) is 57.6 Å². The summed E-state index contributed by atoms with van der Waals surface area (Å²) in [5, 5.41) is 9.26. The Morgan fingerprint density at radius 2 is 1.79 bits per heavy atom. The van der Waals surface area contributed by atoms with Crippen LogP contribution < -0.4 is 0 Å². The van der Waals surface area contributed by atoms with Crippen molar-refractivity contribution >= 4 is 23.4 Å². The molecule has 80 valence electrons. The zero-order valence-electron chi connectivity index (χ0n) is 7.91. The second-order valence-corrected chi connectivity index (χ2v) is 3.72. The van der Waals surface area contributed by atoms with Crippen LogP contribution in [0.5, 0.6) is 0 Å². The first-order valence-electron chi connectivity index (χ1n) is 4.72. The number of imide groups is 1. The first-order chi connectivity index (χ1) is 6.65. The molecule has 0 spiro atoms. The maximum absolute atomic E-state index is 11.4. The maximum atomic E-state index is 11.4. The molecule has 4 nitrogen and oxygen atoms in total. The van der Waals surface area contributed by atoms with E-state index in [0.717, 1.165) is 17.7 Å². The number of β-amino-alcohol motifs (C(OH)–C–C–N with tert-alkyl or cyclic N) is 1. The molecule has 5 heteroatoms. The van der Waals surface area contributed by atoms with Crippen LogP contribution in [0.25, 0.3) is 0 Å². The van der Waals surface area contributed by atoms with Crippen LogP contribution >= 0.6 is 11.6 Å². The number of amides is 2. The molecule has 1 saturated heterocycles. The molecule has 2 amide bonds. The molecule has 1 atom stereocenters. The van der Waals surface area contributed by atoms with Gasteiger partial charge in [-0.1, -0.05) is 0 Å². The van der Waals surface area contributed by atoms with E-state index in [0.29, 0.717) is 12.8 Å². The average Bonchev–Trinajstić information content (AvgIpc) is 2.32. The molecular weight excluding hydrogens is 206 g/mol. The van der Waals surface area contributed by atoms with Gasteiger partial charge in [-0.05, 0) is 12.8 Å². The Balaban J connectivity index is 2.60. The molecule has 0 saturated carbocycles. The SMILES string of the molecule is O=C1CCCCC(=O)N1CC(O)CCl. The number of alkyl halides is 1. The normalized spacial score (nSPS) is 20.9. The number of carbonyl (C=O) groups is 2. The Bertz CT molecular complexity index is 214. The minimum absolute atomic E-state index is 0.0289. The molecule has 14 heavy (non-hydrogen) atoms. The van der Waals surface area contributed by atoms with E-state index < -0.39 is 6.10 Å². The molecule has 1 fully saturated rings. The van der Waals surface area contributed by atoms with E-state index in [1.165, 1.54) is 0 Å². The zero-order chi connectivity index (χ0) is 10.6. The van der Waals surface area contributed by atoms with Gasteiger partial charge >= 0.3 is 0 Å². The van der Waals surface area contributed by atoms with Gasteiger partial charge in [-0.15, -0.1) is 11.6 Å². The summed E-state index contributed by atoms with van der Waals surface area (Å²) >= 11 is 5.41. The van der Waals surface area contributed by atoms with Crippen molar-refractivity contribution < 1.29 is 14.7 Å². The highest BCUT2D eigenvalue weighted by atomic mass is 35.5. The van der Waals surface area contributed by atoms with Crippen molar-refractivity contribution in [3.63, 3.8) is 0 Å². The summed E-state index contributed by atoms with van der Waals surface area (Å²) in [6.07, 6.45) is 1.46. The second-order valence-electron chi connectivity index (χ2n) is 3.41. The molecule has 1 rings (SSSR count). The summed E-state index contributed by atoms with van der Waals surface area (Å²) in [6, 6.07) is 0.